The van der Waals surface area contributed by atoms with Crippen LogP contribution in [-0.2, 0) is 0 Å². The van der Waals surface area contributed by atoms with Crippen LogP contribution < -0.4 is 16.0 Å². The van der Waals surface area contributed by atoms with E-state index in [1.54, 1.807) is 6.07 Å². The zero-order valence-electron chi connectivity index (χ0n) is 15.5. The van der Waals surface area contributed by atoms with E-state index in [1.165, 1.54) is 0 Å². The Kier molecular flexibility index (Phi) is 5.00. The van der Waals surface area contributed by atoms with Crippen molar-refractivity contribution in [1.82, 2.24) is 0 Å². The molecule has 1 fully saturated rings. The Labute approximate surface area is 164 Å². The second kappa shape index (κ2) is 7.74. The van der Waals surface area contributed by atoms with Crippen molar-refractivity contribution in [3.63, 3.8) is 0 Å². The van der Waals surface area contributed by atoms with Crippen LogP contribution >= 0.6 is 0 Å². The van der Waals surface area contributed by atoms with Crippen molar-refractivity contribution in [3.8, 4) is 11.1 Å². The molecule has 1 aliphatic heterocycles. The standard InChI is InChI=1S/C23H23N3O2/c24-18-8-11-21(16-4-2-1-3-5-16)22(14-18)25-23(28)17-6-9-19(10-7-17)26-13-12-20(27)15-26/h1-11,14,20,27H,12-13,15,24H2,(H,25,28)/t20-/m1/s1. The number of rotatable bonds is 4. The predicted molar refractivity (Wildman–Crippen MR) is 114 cm³/mol. The van der Waals surface area contributed by atoms with Crippen LogP contribution in [0.1, 0.15) is 16.8 Å². The summed E-state index contributed by atoms with van der Waals surface area (Å²) in [6.45, 7) is 1.46. The minimum atomic E-state index is -0.275. The summed E-state index contributed by atoms with van der Waals surface area (Å²) in [5, 5.41) is 12.7. The Hall–Kier alpha value is -3.31. The first-order chi connectivity index (χ1) is 13.6. The highest BCUT2D eigenvalue weighted by Crippen LogP contribution is 2.30. The normalized spacial score (nSPS) is 16.2. The lowest BCUT2D eigenvalue weighted by Gasteiger charge is -2.18. The van der Waals surface area contributed by atoms with Gasteiger partial charge in [-0.2, -0.15) is 0 Å². The maximum absolute atomic E-state index is 12.8. The molecule has 3 aromatic carbocycles. The number of hydrogen-bond acceptors (Lipinski definition) is 4. The highest BCUT2D eigenvalue weighted by Gasteiger charge is 2.20. The molecule has 0 saturated carbocycles. The Morgan fingerprint density at radius 1 is 1.04 bits per heavy atom. The number of carbonyl (C=O) groups is 1. The molecule has 0 bridgehead atoms. The van der Waals surface area contributed by atoms with Crippen molar-refractivity contribution in [2.75, 3.05) is 29.0 Å². The van der Waals surface area contributed by atoms with Crippen molar-refractivity contribution < 1.29 is 9.90 Å². The van der Waals surface area contributed by atoms with Gasteiger partial charge in [-0.1, -0.05) is 36.4 Å². The second-order valence-electron chi connectivity index (χ2n) is 7.06. The van der Waals surface area contributed by atoms with Crippen LogP contribution in [0.4, 0.5) is 17.1 Å². The Morgan fingerprint density at radius 3 is 2.46 bits per heavy atom. The molecule has 1 heterocycles. The first-order valence-corrected chi connectivity index (χ1v) is 9.39. The number of nitrogens with zero attached hydrogens (tertiary/aromatic N) is 1. The van der Waals surface area contributed by atoms with E-state index in [9.17, 15) is 9.90 Å². The lowest BCUT2D eigenvalue weighted by molar-refractivity contribution is 0.102. The van der Waals surface area contributed by atoms with Crippen molar-refractivity contribution in [3.05, 3.63) is 78.4 Å². The van der Waals surface area contributed by atoms with E-state index in [1.807, 2.05) is 66.7 Å². The third-order valence-corrected chi connectivity index (χ3v) is 5.03. The van der Waals surface area contributed by atoms with Gasteiger partial charge in [-0.25, -0.2) is 0 Å². The molecule has 0 aliphatic carbocycles. The van der Waals surface area contributed by atoms with Crippen molar-refractivity contribution >= 4 is 23.0 Å². The van der Waals surface area contributed by atoms with Crippen LogP contribution in [0.5, 0.6) is 0 Å². The summed E-state index contributed by atoms with van der Waals surface area (Å²) in [6, 6.07) is 22.9. The van der Waals surface area contributed by atoms with Gasteiger partial charge in [0, 0.05) is 35.6 Å². The molecular formula is C23H23N3O2. The average molecular weight is 373 g/mol. The molecule has 5 nitrogen and oxygen atoms in total. The van der Waals surface area contributed by atoms with E-state index in [2.05, 4.69) is 10.2 Å². The van der Waals surface area contributed by atoms with E-state index in [-0.39, 0.29) is 12.0 Å². The van der Waals surface area contributed by atoms with Crippen LogP contribution in [-0.4, -0.2) is 30.2 Å². The maximum atomic E-state index is 12.8. The molecule has 1 aliphatic rings. The van der Waals surface area contributed by atoms with E-state index in [4.69, 9.17) is 5.73 Å². The van der Waals surface area contributed by atoms with Gasteiger partial charge in [0.25, 0.3) is 5.91 Å². The number of amides is 1. The molecule has 0 unspecified atom stereocenters. The van der Waals surface area contributed by atoms with Crippen LogP contribution in [0.25, 0.3) is 11.1 Å². The Balaban J connectivity index is 1.55. The summed E-state index contributed by atoms with van der Waals surface area (Å²) in [4.78, 5) is 14.9. The van der Waals surface area contributed by atoms with Crippen LogP contribution in [0.2, 0.25) is 0 Å². The fourth-order valence-corrected chi connectivity index (χ4v) is 3.53. The summed E-state index contributed by atoms with van der Waals surface area (Å²) in [6.07, 6.45) is 0.503. The largest absolute Gasteiger partial charge is 0.399 e. The number of benzene rings is 3. The van der Waals surface area contributed by atoms with Crippen molar-refractivity contribution in [2.45, 2.75) is 12.5 Å². The summed E-state index contributed by atoms with van der Waals surface area (Å²) < 4.78 is 0. The molecule has 4 N–H and O–H groups in total. The zero-order valence-corrected chi connectivity index (χ0v) is 15.5. The molecule has 1 saturated heterocycles. The first-order valence-electron chi connectivity index (χ1n) is 9.39. The summed E-state index contributed by atoms with van der Waals surface area (Å²) in [7, 11) is 0. The third kappa shape index (κ3) is 3.85. The average Bonchev–Trinajstić information content (AvgIpc) is 3.15. The lowest BCUT2D eigenvalue weighted by Crippen LogP contribution is -2.21. The summed E-state index contributed by atoms with van der Waals surface area (Å²) in [5.74, 6) is -0.184. The molecule has 0 spiro atoms. The second-order valence-corrected chi connectivity index (χ2v) is 7.06. The number of carbonyl (C=O) groups excluding carboxylic acids is 1. The van der Waals surface area contributed by atoms with Gasteiger partial charge in [0.1, 0.15) is 0 Å². The van der Waals surface area contributed by atoms with Crippen LogP contribution in [0.3, 0.4) is 0 Å². The molecule has 28 heavy (non-hydrogen) atoms. The number of β-amino-alcohol motifs (C(OH)–C–C–N with tert-alkyl or cyclic N) is 1. The smallest absolute Gasteiger partial charge is 0.255 e. The topological polar surface area (TPSA) is 78.6 Å². The Morgan fingerprint density at radius 2 is 1.79 bits per heavy atom. The summed E-state index contributed by atoms with van der Waals surface area (Å²) in [5.41, 5.74) is 10.7. The minimum absolute atomic E-state index is 0.184. The zero-order chi connectivity index (χ0) is 19.5. The molecule has 4 rings (SSSR count). The number of nitrogens with one attached hydrogen (secondary N) is 1. The number of nitrogen functional groups attached to an aromatic ring is 1. The fraction of sp³-hybridized carbons (Fsp3) is 0.174. The van der Waals surface area contributed by atoms with Gasteiger partial charge in [-0.15, -0.1) is 0 Å². The van der Waals surface area contributed by atoms with E-state index >= 15 is 0 Å². The van der Waals surface area contributed by atoms with Gasteiger partial charge in [-0.05, 0) is 48.4 Å². The van der Waals surface area contributed by atoms with Gasteiger partial charge in [0.2, 0.25) is 0 Å². The quantitative estimate of drug-likeness (QED) is 0.609. The highest BCUT2D eigenvalue weighted by atomic mass is 16.3. The van der Waals surface area contributed by atoms with Crippen molar-refractivity contribution in [2.24, 2.45) is 0 Å². The Bertz CT molecular complexity index is 971. The van der Waals surface area contributed by atoms with Crippen molar-refractivity contribution in [1.29, 1.82) is 0 Å². The van der Waals surface area contributed by atoms with Gasteiger partial charge >= 0.3 is 0 Å². The third-order valence-electron chi connectivity index (χ3n) is 5.03. The number of hydrogen-bond donors (Lipinski definition) is 3. The van der Waals surface area contributed by atoms with E-state index in [0.29, 0.717) is 23.5 Å². The molecule has 1 atom stereocenters. The molecule has 1 amide bonds. The molecular weight excluding hydrogens is 350 g/mol. The monoisotopic (exact) mass is 373 g/mol. The van der Waals surface area contributed by atoms with Crippen LogP contribution in [0.15, 0.2) is 72.8 Å². The van der Waals surface area contributed by atoms with Crippen LogP contribution in [0, 0.1) is 0 Å². The van der Waals surface area contributed by atoms with Gasteiger partial charge in [0.05, 0.1) is 11.8 Å². The molecule has 0 radical (unpaired) electrons. The maximum Gasteiger partial charge on any atom is 0.255 e. The van der Waals surface area contributed by atoms with Gasteiger partial charge in [0.15, 0.2) is 0 Å². The predicted octanol–water partition coefficient (Wildman–Crippen LogP) is 3.76. The molecule has 142 valence electrons. The number of anilines is 3. The number of nitrogens with two attached hydrogens (primary N) is 1. The molecule has 3 aromatic rings. The molecule has 0 aromatic heterocycles. The number of aliphatic hydroxyl groups is 1. The lowest BCUT2D eigenvalue weighted by atomic mass is 10.0. The number of aliphatic hydroxyl groups excluding tert-OH is 1. The van der Waals surface area contributed by atoms with E-state index in [0.717, 1.165) is 29.8 Å². The molecule has 5 heteroatoms. The minimum Gasteiger partial charge on any atom is -0.399 e. The highest BCUT2D eigenvalue weighted by molar-refractivity contribution is 6.06. The summed E-state index contributed by atoms with van der Waals surface area (Å²) >= 11 is 0. The fourth-order valence-electron chi connectivity index (χ4n) is 3.53. The SMILES string of the molecule is Nc1ccc(-c2ccccc2)c(NC(=O)c2ccc(N3CC[C@@H](O)C3)cc2)c1. The van der Waals surface area contributed by atoms with Gasteiger partial charge < -0.3 is 21.1 Å². The van der Waals surface area contributed by atoms with E-state index < -0.39 is 0 Å². The first kappa shape index (κ1) is 18.1. The van der Waals surface area contributed by atoms with Gasteiger partial charge in [-0.3, -0.25) is 4.79 Å².